The zero-order chi connectivity index (χ0) is 35.0. The van der Waals surface area contributed by atoms with Gasteiger partial charge in [0.25, 0.3) is 5.91 Å². The molecular weight excluding hydrogens is 662 g/mol. The van der Waals surface area contributed by atoms with Gasteiger partial charge in [-0.1, -0.05) is 41.9 Å². The first-order valence-corrected chi connectivity index (χ1v) is 19.3. The van der Waals surface area contributed by atoms with Gasteiger partial charge in [-0.25, -0.2) is 13.1 Å². The Kier molecular flexibility index (Phi) is 10.2. The number of fused-ring (bicyclic) bond motifs is 3. The molecule has 9 nitrogen and oxygen atoms in total. The topological polar surface area (TPSA) is 111 Å². The Hall–Kier alpha value is -3.34. The molecule has 0 bridgehead atoms. The number of hydrogen-bond donors (Lipinski definition) is 1. The monoisotopic (exact) mass is 709 g/mol. The molecule has 4 atom stereocenters. The van der Waals surface area contributed by atoms with Gasteiger partial charge in [0.2, 0.25) is 10.0 Å². The molecule has 0 unspecified atom stereocenters. The van der Waals surface area contributed by atoms with Crippen LogP contribution >= 0.6 is 11.6 Å². The smallest absolute Gasteiger partial charge is 0.264 e. The number of aryl methyl sites for hydroxylation is 2. The molecule has 1 amide bonds. The number of carbonyl (C=O) groups excluding carboxylic acids is 1. The van der Waals surface area contributed by atoms with Crippen molar-refractivity contribution in [3.63, 3.8) is 0 Å². The van der Waals surface area contributed by atoms with E-state index in [9.17, 15) is 13.2 Å². The van der Waals surface area contributed by atoms with Gasteiger partial charge in [0, 0.05) is 48.7 Å². The molecule has 1 saturated carbocycles. The van der Waals surface area contributed by atoms with E-state index in [0.29, 0.717) is 31.9 Å². The van der Waals surface area contributed by atoms with E-state index in [1.54, 1.807) is 39.2 Å². The molecule has 1 N–H and O–H groups in total. The number of anilines is 1. The van der Waals surface area contributed by atoms with Crippen LogP contribution in [0, 0.1) is 18.8 Å². The molecule has 2 aromatic carbocycles. The molecule has 3 aliphatic rings. The third-order valence-electron chi connectivity index (χ3n) is 10.8. The molecule has 0 saturated heterocycles. The fraction of sp³-hybridized carbons (Fsp3) is 0.526. The van der Waals surface area contributed by atoms with E-state index < -0.39 is 26.8 Å². The van der Waals surface area contributed by atoms with E-state index in [2.05, 4.69) is 46.0 Å². The Balaban J connectivity index is 1.38. The molecule has 2 aliphatic carbocycles. The average molecular weight is 710 g/mol. The highest BCUT2D eigenvalue weighted by molar-refractivity contribution is 7.90. The zero-order valence-electron chi connectivity index (χ0n) is 29.1. The van der Waals surface area contributed by atoms with Gasteiger partial charge in [0.15, 0.2) is 0 Å². The van der Waals surface area contributed by atoms with Crippen molar-refractivity contribution in [2.75, 3.05) is 31.7 Å². The summed E-state index contributed by atoms with van der Waals surface area (Å²) in [6.07, 6.45) is 10.8. The summed E-state index contributed by atoms with van der Waals surface area (Å²) in [5.41, 5.74) is 3.57. The highest BCUT2D eigenvalue weighted by Crippen LogP contribution is 2.49. The number of hydrogen-bond acceptors (Lipinski definition) is 8. The molecule has 3 aromatic rings. The highest BCUT2D eigenvalue weighted by atomic mass is 35.5. The minimum Gasteiger partial charge on any atom is -0.490 e. The molecule has 2 heterocycles. The Morgan fingerprint density at radius 1 is 1.22 bits per heavy atom. The minimum atomic E-state index is -3.81. The largest absolute Gasteiger partial charge is 0.490 e. The lowest BCUT2D eigenvalue weighted by Gasteiger charge is -2.50. The van der Waals surface area contributed by atoms with Gasteiger partial charge in [-0.15, -0.1) is 0 Å². The number of aromatic nitrogens is 1. The van der Waals surface area contributed by atoms with Crippen LogP contribution in [0.4, 0.5) is 5.69 Å². The lowest BCUT2D eigenvalue weighted by atomic mass is 9.62. The molecule has 49 heavy (non-hydrogen) atoms. The number of amides is 1. The van der Waals surface area contributed by atoms with Crippen LogP contribution in [-0.2, 0) is 33.0 Å². The van der Waals surface area contributed by atoms with E-state index in [4.69, 9.17) is 25.6 Å². The molecule has 6 rings (SSSR count). The number of halogens is 1. The fourth-order valence-electron chi connectivity index (χ4n) is 7.98. The average Bonchev–Trinajstić information content (AvgIpc) is 3.40. The standard InChI is InChI=1S/C38H48ClN3O6S/c1-6-7-17-38(46-5,21-31-18-26(4)48-40-31)33-13-10-29(33)22-42-23-37(16-8-9-27-19-30(39)12-14-32(27)37)24-47-35-15-11-28(20-34(35)42)36(43)41-49(44,45)25(2)3/h7,11-12,14-15,17-20,25,29,33H,6,8-10,13,16,21-24H2,1-5H3,(H,41,43)/b17-7+/t29-,33+,37-,38+/m0/s1. The molecular formula is C38H48ClN3O6S. The van der Waals surface area contributed by atoms with Crippen LogP contribution in [-0.4, -0.2) is 57.1 Å². The number of sulfonamides is 1. The van der Waals surface area contributed by atoms with Gasteiger partial charge in [-0.05, 0) is 113 Å². The number of allylic oxidation sites excluding steroid dienone is 1. The van der Waals surface area contributed by atoms with Gasteiger partial charge >= 0.3 is 0 Å². The fourth-order valence-corrected chi connectivity index (χ4v) is 8.79. The lowest BCUT2D eigenvalue weighted by Crippen LogP contribution is -2.54. The predicted octanol–water partition coefficient (Wildman–Crippen LogP) is 7.20. The summed E-state index contributed by atoms with van der Waals surface area (Å²) in [6.45, 7) is 9.00. The maximum atomic E-state index is 13.3. The molecule has 1 aliphatic heterocycles. The summed E-state index contributed by atoms with van der Waals surface area (Å²) < 4.78 is 46.0. The van der Waals surface area contributed by atoms with Gasteiger partial charge in [-0.3, -0.25) is 4.79 Å². The highest BCUT2D eigenvalue weighted by Gasteiger charge is 2.49. The van der Waals surface area contributed by atoms with Crippen LogP contribution in [0.3, 0.4) is 0 Å². The van der Waals surface area contributed by atoms with E-state index in [1.165, 1.54) is 11.1 Å². The Bertz CT molecular complexity index is 1820. The Morgan fingerprint density at radius 3 is 2.71 bits per heavy atom. The van der Waals surface area contributed by atoms with Crippen LogP contribution in [0.2, 0.25) is 5.02 Å². The van der Waals surface area contributed by atoms with Crippen molar-refractivity contribution in [1.29, 1.82) is 0 Å². The minimum absolute atomic E-state index is 0.209. The number of rotatable bonds is 11. The van der Waals surface area contributed by atoms with Crippen molar-refractivity contribution >= 4 is 33.2 Å². The van der Waals surface area contributed by atoms with Crippen molar-refractivity contribution in [2.45, 2.75) is 88.9 Å². The van der Waals surface area contributed by atoms with Crippen molar-refractivity contribution in [2.24, 2.45) is 11.8 Å². The van der Waals surface area contributed by atoms with Crippen molar-refractivity contribution in [3.8, 4) is 5.75 Å². The number of nitrogens with one attached hydrogen (secondary N) is 1. The first-order chi connectivity index (χ1) is 23.4. The molecule has 264 valence electrons. The normalized spacial score (nSPS) is 23.4. The summed E-state index contributed by atoms with van der Waals surface area (Å²) >= 11 is 6.46. The van der Waals surface area contributed by atoms with Crippen LogP contribution in [0.25, 0.3) is 0 Å². The van der Waals surface area contributed by atoms with Crippen LogP contribution in [0.15, 0.2) is 59.1 Å². The van der Waals surface area contributed by atoms with E-state index in [-0.39, 0.29) is 22.8 Å². The quantitative estimate of drug-likeness (QED) is 0.208. The molecule has 1 spiro atoms. The van der Waals surface area contributed by atoms with Crippen molar-refractivity contribution in [1.82, 2.24) is 9.88 Å². The van der Waals surface area contributed by atoms with Crippen molar-refractivity contribution in [3.05, 3.63) is 87.8 Å². The maximum Gasteiger partial charge on any atom is 0.264 e. The first-order valence-electron chi connectivity index (χ1n) is 17.4. The van der Waals surface area contributed by atoms with Gasteiger partial charge < -0.3 is 18.9 Å². The van der Waals surface area contributed by atoms with Crippen molar-refractivity contribution < 1.29 is 27.2 Å². The SMILES string of the molecule is CC/C=C/[C@](Cc1cc(C)on1)(OC)[C@@H]1CC[C@H]1CN1C[C@@]2(CCCc3cc(Cl)ccc32)COc2ccc(C(=O)NS(=O)(=O)C(C)C)cc21. The van der Waals surface area contributed by atoms with Crippen LogP contribution in [0.1, 0.15) is 85.8 Å². The summed E-state index contributed by atoms with van der Waals surface area (Å²) in [5.74, 6) is 1.27. The number of methoxy groups -OCH3 is 1. The number of benzene rings is 2. The molecule has 11 heteroatoms. The lowest BCUT2D eigenvalue weighted by molar-refractivity contribution is -0.0753. The number of nitrogens with zero attached hydrogens (tertiary/aromatic N) is 2. The third kappa shape index (κ3) is 7.14. The van der Waals surface area contributed by atoms with Gasteiger partial charge in [0.05, 0.1) is 28.8 Å². The van der Waals surface area contributed by atoms with Gasteiger partial charge in [0.1, 0.15) is 11.5 Å². The Morgan fingerprint density at radius 2 is 2.04 bits per heavy atom. The molecule has 1 aromatic heterocycles. The second-order valence-corrected chi connectivity index (χ2v) is 17.0. The van der Waals surface area contributed by atoms with E-state index in [0.717, 1.165) is 60.7 Å². The second kappa shape index (κ2) is 14.1. The van der Waals surface area contributed by atoms with E-state index in [1.807, 2.05) is 19.1 Å². The van der Waals surface area contributed by atoms with E-state index >= 15 is 0 Å². The number of ether oxygens (including phenoxy) is 2. The summed E-state index contributed by atoms with van der Waals surface area (Å²) in [7, 11) is -2.02. The summed E-state index contributed by atoms with van der Waals surface area (Å²) in [5, 5.41) is 4.31. The zero-order valence-corrected chi connectivity index (χ0v) is 30.7. The molecule has 0 radical (unpaired) electrons. The second-order valence-electron chi connectivity index (χ2n) is 14.3. The van der Waals surface area contributed by atoms with Crippen LogP contribution < -0.4 is 14.4 Å². The third-order valence-corrected chi connectivity index (χ3v) is 12.8. The van der Waals surface area contributed by atoms with Gasteiger partial charge in [-0.2, -0.15) is 0 Å². The summed E-state index contributed by atoms with van der Waals surface area (Å²) in [4.78, 5) is 15.7. The first kappa shape index (κ1) is 35.5. The maximum absolute atomic E-state index is 13.3. The Labute approximate surface area is 295 Å². The number of carbonyl (C=O) groups is 1. The van der Waals surface area contributed by atoms with Crippen LogP contribution in [0.5, 0.6) is 5.75 Å². The molecule has 1 fully saturated rings. The predicted molar refractivity (Wildman–Crippen MR) is 192 cm³/mol. The summed E-state index contributed by atoms with van der Waals surface area (Å²) in [6, 6.07) is 13.4.